The predicted molar refractivity (Wildman–Crippen MR) is 129 cm³/mol. The standard InChI is InChI=1S/C25H31Cl2O3P/c26-22-15-23(27)25(20-9-4-8-19-18(20)7-1-2-10-24(19)28)21(22)14-17-6-3-5-16(13-17)11-12-31(29)30/h3-6,8-9,13,21-25,28-30H,1-2,7,10-12,14-15H2. The van der Waals surface area contributed by atoms with Gasteiger partial charge in [-0.15, -0.1) is 23.2 Å². The number of rotatable bonds is 6. The Morgan fingerprint density at radius 2 is 1.68 bits per heavy atom. The van der Waals surface area contributed by atoms with Gasteiger partial charge in [0.1, 0.15) is 0 Å². The molecule has 0 bridgehead atoms. The molecule has 168 valence electrons. The number of hydrogen-bond donors (Lipinski definition) is 3. The Morgan fingerprint density at radius 1 is 0.935 bits per heavy atom. The van der Waals surface area contributed by atoms with E-state index in [9.17, 15) is 14.9 Å². The van der Waals surface area contributed by atoms with Crippen molar-refractivity contribution in [1.29, 1.82) is 0 Å². The van der Waals surface area contributed by atoms with Crippen LogP contribution in [0.15, 0.2) is 42.5 Å². The van der Waals surface area contributed by atoms with E-state index in [2.05, 4.69) is 30.3 Å². The van der Waals surface area contributed by atoms with Crippen LogP contribution in [-0.4, -0.2) is 31.8 Å². The molecule has 0 aliphatic heterocycles. The predicted octanol–water partition coefficient (Wildman–Crippen LogP) is 5.85. The van der Waals surface area contributed by atoms with Crippen molar-refractivity contribution in [2.75, 3.05) is 6.16 Å². The normalized spacial score (nSPS) is 28.5. The van der Waals surface area contributed by atoms with Gasteiger partial charge in [-0.25, -0.2) is 0 Å². The third-order valence-corrected chi connectivity index (χ3v) is 8.53. The molecule has 3 N–H and O–H groups in total. The van der Waals surface area contributed by atoms with E-state index in [1.807, 2.05) is 12.1 Å². The van der Waals surface area contributed by atoms with Crippen LogP contribution in [0.4, 0.5) is 0 Å². The Bertz CT molecular complexity index is 891. The lowest BCUT2D eigenvalue weighted by molar-refractivity contribution is 0.166. The zero-order valence-corrected chi connectivity index (χ0v) is 20.0. The second kappa shape index (κ2) is 10.5. The van der Waals surface area contributed by atoms with Crippen molar-refractivity contribution in [3.05, 3.63) is 70.3 Å². The summed E-state index contributed by atoms with van der Waals surface area (Å²) in [5, 5.41) is 10.6. The van der Waals surface area contributed by atoms with Gasteiger partial charge in [-0.05, 0) is 72.3 Å². The Morgan fingerprint density at radius 3 is 2.48 bits per heavy atom. The average Bonchev–Trinajstić information content (AvgIpc) is 2.89. The number of alkyl halides is 2. The summed E-state index contributed by atoms with van der Waals surface area (Å²) in [5.74, 6) is 0.384. The number of aliphatic hydroxyl groups excluding tert-OH is 1. The number of hydrogen-bond acceptors (Lipinski definition) is 3. The lowest BCUT2D eigenvalue weighted by Gasteiger charge is -2.28. The molecule has 0 heterocycles. The van der Waals surface area contributed by atoms with Gasteiger partial charge in [-0.1, -0.05) is 48.9 Å². The van der Waals surface area contributed by atoms with E-state index in [4.69, 9.17) is 23.2 Å². The molecule has 31 heavy (non-hydrogen) atoms. The van der Waals surface area contributed by atoms with Crippen LogP contribution >= 0.6 is 31.6 Å². The third kappa shape index (κ3) is 5.46. The molecule has 5 unspecified atom stereocenters. The van der Waals surface area contributed by atoms with E-state index in [0.717, 1.165) is 49.7 Å². The lowest BCUT2D eigenvalue weighted by atomic mass is 9.80. The lowest BCUT2D eigenvalue weighted by Crippen LogP contribution is -2.21. The topological polar surface area (TPSA) is 60.7 Å². The Labute approximate surface area is 196 Å². The molecular weight excluding hydrogens is 450 g/mol. The van der Waals surface area contributed by atoms with Gasteiger partial charge in [0.15, 0.2) is 8.38 Å². The molecule has 0 saturated heterocycles. The number of benzene rings is 2. The molecule has 2 aromatic carbocycles. The molecule has 5 atom stereocenters. The summed E-state index contributed by atoms with van der Waals surface area (Å²) in [6.45, 7) is 0. The fourth-order valence-electron chi connectivity index (χ4n) is 5.45. The van der Waals surface area contributed by atoms with E-state index in [-0.39, 0.29) is 22.6 Å². The van der Waals surface area contributed by atoms with Crippen molar-refractivity contribution >= 4 is 31.6 Å². The largest absolute Gasteiger partial charge is 0.388 e. The molecule has 6 heteroatoms. The van der Waals surface area contributed by atoms with Crippen LogP contribution in [0.3, 0.4) is 0 Å². The van der Waals surface area contributed by atoms with Gasteiger partial charge in [0, 0.05) is 22.8 Å². The molecule has 0 spiro atoms. The highest BCUT2D eigenvalue weighted by Gasteiger charge is 2.43. The van der Waals surface area contributed by atoms with Crippen LogP contribution in [0, 0.1) is 5.92 Å². The highest BCUT2D eigenvalue weighted by atomic mass is 35.5. The summed E-state index contributed by atoms with van der Waals surface area (Å²) in [7, 11) is -1.87. The maximum Gasteiger partial charge on any atom is 0.165 e. The summed E-state index contributed by atoms with van der Waals surface area (Å²) >= 11 is 13.8. The van der Waals surface area contributed by atoms with Crippen LogP contribution in [0.1, 0.15) is 65.5 Å². The van der Waals surface area contributed by atoms with Crippen LogP contribution in [0.25, 0.3) is 0 Å². The average molecular weight is 481 g/mol. The van der Waals surface area contributed by atoms with Gasteiger partial charge in [0.05, 0.1) is 6.10 Å². The van der Waals surface area contributed by atoms with Gasteiger partial charge < -0.3 is 14.9 Å². The monoisotopic (exact) mass is 480 g/mol. The molecule has 2 aliphatic rings. The van der Waals surface area contributed by atoms with Crippen molar-refractivity contribution in [3.63, 3.8) is 0 Å². The molecule has 3 nitrogen and oxygen atoms in total. The third-order valence-electron chi connectivity index (χ3n) is 6.95. The SMILES string of the molecule is OC1CCCCc2c1cccc2C1C(Cl)CC(Cl)C1Cc1cccc(CCP(O)O)c1. The number of aryl methyl sites for hydroxylation is 1. The van der Waals surface area contributed by atoms with Gasteiger partial charge in [-0.2, -0.15) is 0 Å². The minimum absolute atomic E-state index is 0.00503. The highest BCUT2D eigenvalue weighted by molar-refractivity contribution is 7.45. The van der Waals surface area contributed by atoms with E-state index in [1.165, 1.54) is 16.7 Å². The van der Waals surface area contributed by atoms with Crippen molar-refractivity contribution in [2.24, 2.45) is 5.92 Å². The minimum atomic E-state index is -1.87. The summed E-state index contributed by atoms with van der Waals surface area (Å²) in [6, 6.07) is 14.7. The highest BCUT2D eigenvalue weighted by Crippen LogP contribution is 2.49. The first-order valence-corrected chi connectivity index (χ1v) is 13.6. The molecule has 0 radical (unpaired) electrons. The van der Waals surface area contributed by atoms with Crippen LogP contribution < -0.4 is 0 Å². The molecule has 4 rings (SSSR count). The van der Waals surface area contributed by atoms with Crippen molar-refractivity contribution < 1.29 is 14.9 Å². The Hall–Kier alpha value is -0.670. The van der Waals surface area contributed by atoms with Crippen LogP contribution in [0.5, 0.6) is 0 Å². The molecule has 1 fully saturated rings. The maximum absolute atomic E-state index is 10.7. The maximum atomic E-state index is 10.7. The van der Waals surface area contributed by atoms with Gasteiger partial charge >= 0.3 is 0 Å². The Kier molecular flexibility index (Phi) is 7.96. The summed E-state index contributed by atoms with van der Waals surface area (Å²) < 4.78 is 0. The van der Waals surface area contributed by atoms with Gasteiger partial charge in [-0.3, -0.25) is 0 Å². The zero-order valence-electron chi connectivity index (χ0n) is 17.6. The summed E-state index contributed by atoms with van der Waals surface area (Å²) in [4.78, 5) is 18.5. The van der Waals surface area contributed by atoms with E-state index < -0.39 is 14.5 Å². The van der Waals surface area contributed by atoms with Gasteiger partial charge in [0.2, 0.25) is 0 Å². The summed E-state index contributed by atoms with van der Waals surface area (Å²) in [5.41, 5.74) is 5.96. The zero-order chi connectivity index (χ0) is 22.0. The fraction of sp³-hybridized carbons (Fsp3) is 0.520. The number of fused-ring (bicyclic) bond motifs is 1. The first-order chi connectivity index (χ1) is 14.9. The summed E-state index contributed by atoms with van der Waals surface area (Å²) in [6.07, 6.45) is 6.24. The molecule has 0 aromatic heterocycles. The minimum Gasteiger partial charge on any atom is -0.388 e. The van der Waals surface area contributed by atoms with E-state index >= 15 is 0 Å². The molecular formula is C25H31Cl2O3P. The second-order valence-corrected chi connectivity index (χ2v) is 11.3. The first-order valence-electron chi connectivity index (χ1n) is 11.2. The quantitative estimate of drug-likeness (QED) is 0.276. The van der Waals surface area contributed by atoms with Gasteiger partial charge in [0.25, 0.3) is 0 Å². The van der Waals surface area contributed by atoms with Crippen LogP contribution in [-0.2, 0) is 19.3 Å². The molecule has 2 aromatic rings. The van der Waals surface area contributed by atoms with Crippen molar-refractivity contribution in [3.8, 4) is 0 Å². The van der Waals surface area contributed by atoms with E-state index in [1.54, 1.807) is 0 Å². The second-order valence-electron chi connectivity index (χ2n) is 9.00. The molecule has 0 amide bonds. The molecule has 2 aliphatic carbocycles. The molecule has 1 saturated carbocycles. The number of halogens is 2. The van der Waals surface area contributed by atoms with Crippen molar-refractivity contribution in [2.45, 2.75) is 67.7 Å². The number of aliphatic hydroxyl groups is 1. The van der Waals surface area contributed by atoms with Crippen molar-refractivity contribution in [1.82, 2.24) is 0 Å². The fourth-order valence-corrected chi connectivity index (χ4v) is 6.96. The Balaban J connectivity index is 1.62. The van der Waals surface area contributed by atoms with E-state index in [0.29, 0.717) is 12.6 Å². The smallest absolute Gasteiger partial charge is 0.165 e. The van der Waals surface area contributed by atoms with Crippen LogP contribution in [0.2, 0.25) is 0 Å². The first kappa shape index (κ1) is 23.5.